The van der Waals surface area contributed by atoms with Crippen molar-refractivity contribution in [1.82, 2.24) is 0 Å². The first-order valence-corrected chi connectivity index (χ1v) is 5.96. The van der Waals surface area contributed by atoms with E-state index in [0.717, 1.165) is 23.3 Å². The summed E-state index contributed by atoms with van der Waals surface area (Å²) in [4.78, 5) is 10.3. The molecule has 0 aromatic heterocycles. The molecule has 1 aromatic carbocycles. The van der Waals surface area contributed by atoms with Crippen LogP contribution in [0.15, 0.2) is 12.1 Å². The van der Waals surface area contributed by atoms with Crippen LogP contribution in [-0.4, -0.2) is 30.9 Å². The van der Waals surface area contributed by atoms with E-state index in [4.69, 9.17) is 31.9 Å². The fraction of sp³-hybridized carbons (Fsp3) is 0.417. The van der Waals surface area contributed by atoms with Gasteiger partial charge in [0.05, 0.1) is 19.3 Å². The third kappa shape index (κ3) is 2.93. The summed E-state index contributed by atoms with van der Waals surface area (Å²) in [6.45, 7) is 0.366. The first kappa shape index (κ1) is 13.1. The van der Waals surface area contributed by atoms with Gasteiger partial charge in [-0.2, -0.15) is 0 Å². The van der Waals surface area contributed by atoms with Gasteiger partial charge in [-0.05, 0) is 17.7 Å². The monoisotopic (exact) mass is 271 g/mol. The van der Waals surface area contributed by atoms with Crippen LogP contribution in [0.4, 0.5) is 0 Å². The minimum absolute atomic E-state index is 0.114. The van der Waals surface area contributed by atoms with E-state index in [2.05, 4.69) is 0 Å². The van der Waals surface area contributed by atoms with Gasteiger partial charge in [-0.3, -0.25) is 0 Å². The third-order valence-corrected chi connectivity index (χ3v) is 2.92. The van der Waals surface area contributed by atoms with Crippen molar-refractivity contribution in [2.24, 2.45) is 5.73 Å². The summed E-state index contributed by atoms with van der Waals surface area (Å²) in [7, 11) is 0. The molecule has 6 heteroatoms. The molecule has 1 aliphatic rings. The highest BCUT2D eigenvalue weighted by Crippen LogP contribution is 2.35. The summed E-state index contributed by atoms with van der Waals surface area (Å²) in [6, 6.07) is 3.15. The number of carbonyl (C=O) groups is 1. The van der Waals surface area contributed by atoms with Crippen LogP contribution in [0.3, 0.4) is 0 Å². The van der Waals surface area contributed by atoms with Crippen LogP contribution in [-0.2, 0) is 16.0 Å². The lowest BCUT2D eigenvalue weighted by atomic mass is 10.0. The summed E-state index contributed by atoms with van der Waals surface area (Å²) in [5, 5.41) is 9.08. The predicted molar refractivity (Wildman–Crippen MR) is 66.0 cm³/mol. The van der Waals surface area contributed by atoms with Gasteiger partial charge in [0, 0.05) is 17.0 Å². The molecule has 0 radical (unpaired) electrons. The number of halogens is 1. The van der Waals surface area contributed by atoms with Crippen LogP contribution < -0.4 is 10.5 Å². The molecular weight excluding hydrogens is 258 g/mol. The molecule has 0 bridgehead atoms. The number of benzene rings is 1. The van der Waals surface area contributed by atoms with Crippen molar-refractivity contribution < 1.29 is 19.4 Å². The van der Waals surface area contributed by atoms with E-state index >= 15 is 0 Å². The average molecular weight is 272 g/mol. The lowest BCUT2D eigenvalue weighted by Crippen LogP contribution is -2.20. The molecule has 1 aromatic rings. The second-order valence-electron chi connectivity index (χ2n) is 4.10. The summed E-state index contributed by atoms with van der Waals surface area (Å²) in [5.41, 5.74) is 7.76. The SMILES string of the molecule is NC(COCC(=O)O)c1cc(Cl)cc2c1OCC2. The van der Waals surface area contributed by atoms with Gasteiger partial charge in [0.2, 0.25) is 0 Å². The number of carboxylic acids is 1. The second kappa shape index (κ2) is 5.56. The Morgan fingerprint density at radius 3 is 3.11 bits per heavy atom. The molecule has 3 N–H and O–H groups in total. The average Bonchev–Trinajstić information content (AvgIpc) is 2.74. The van der Waals surface area contributed by atoms with Crippen LogP contribution in [0.1, 0.15) is 17.2 Å². The molecule has 1 aliphatic heterocycles. The maximum absolute atomic E-state index is 10.3. The Balaban J connectivity index is 2.10. The van der Waals surface area contributed by atoms with E-state index in [9.17, 15) is 4.79 Å². The van der Waals surface area contributed by atoms with Gasteiger partial charge in [-0.15, -0.1) is 0 Å². The maximum atomic E-state index is 10.3. The van der Waals surface area contributed by atoms with Crippen molar-refractivity contribution in [3.63, 3.8) is 0 Å². The van der Waals surface area contributed by atoms with Crippen LogP contribution >= 0.6 is 11.6 Å². The van der Waals surface area contributed by atoms with E-state index in [1.165, 1.54) is 0 Å². The Bertz CT molecular complexity index is 464. The topological polar surface area (TPSA) is 81.8 Å². The minimum atomic E-state index is -1.02. The number of aliphatic carboxylic acids is 1. The molecule has 1 atom stereocenters. The zero-order chi connectivity index (χ0) is 13.1. The number of fused-ring (bicyclic) bond motifs is 1. The smallest absolute Gasteiger partial charge is 0.329 e. The second-order valence-corrected chi connectivity index (χ2v) is 4.53. The fourth-order valence-corrected chi connectivity index (χ4v) is 2.19. The fourth-order valence-electron chi connectivity index (χ4n) is 1.94. The number of carboxylic acid groups (broad SMARTS) is 1. The lowest BCUT2D eigenvalue weighted by Gasteiger charge is -2.15. The number of hydrogen-bond acceptors (Lipinski definition) is 4. The molecule has 0 amide bonds. The number of nitrogens with two attached hydrogens (primary N) is 1. The Labute approximate surface area is 109 Å². The Morgan fingerprint density at radius 1 is 1.61 bits per heavy atom. The highest BCUT2D eigenvalue weighted by Gasteiger charge is 2.21. The van der Waals surface area contributed by atoms with E-state index < -0.39 is 12.0 Å². The largest absolute Gasteiger partial charge is 0.493 e. The van der Waals surface area contributed by atoms with Crippen LogP contribution in [0.5, 0.6) is 5.75 Å². The van der Waals surface area contributed by atoms with Crippen LogP contribution in [0.2, 0.25) is 5.02 Å². The zero-order valence-corrected chi connectivity index (χ0v) is 10.4. The van der Waals surface area contributed by atoms with E-state index in [0.29, 0.717) is 11.6 Å². The molecule has 0 spiro atoms. The molecular formula is C12H14ClNO4. The van der Waals surface area contributed by atoms with Gasteiger partial charge >= 0.3 is 5.97 Å². The quantitative estimate of drug-likeness (QED) is 0.845. The standard InChI is InChI=1S/C12H14ClNO4/c13-8-3-7-1-2-18-12(7)9(4-8)10(14)5-17-6-11(15)16/h3-4,10H,1-2,5-6,14H2,(H,15,16). The van der Waals surface area contributed by atoms with Crippen molar-refractivity contribution in [3.8, 4) is 5.75 Å². The highest BCUT2D eigenvalue weighted by molar-refractivity contribution is 6.30. The molecule has 18 heavy (non-hydrogen) atoms. The van der Waals surface area contributed by atoms with Crippen molar-refractivity contribution in [2.75, 3.05) is 19.8 Å². The minimum Gasteiger partial charge on any atom is -0.493 e. The maximum Gasteiger partial charge on any atom is 0.329 e. The van der Waals surface area contributed by atoms with Crippen LogP contribution in [0, 0.1) is 0 Å². The summed E-state index contributed by atoms with van der Waals surface area (Å²) in [5.74, 6) is -0.263. The first-order valence-electron chi connectivity index (χ1n) is 5.58. The van der Waals surface area contributed by atoms with E-state index in [1.807, 2.05) is 6.07 Å². The molecule has 98 valence electrons. The molecule has 0 fully saturated rings. The molecule has 2 rings (SSSR count). The number of rotatable bonds is 5. The van der Waals surface area contributed by atoms with Gasteiger partial charge in [0.25, 0.3) is 0 Å². The summed E-state index contributed by atoms with van der Waals surface area (Å²) < 4.78 is 10.5. The normalized spacial score (nSPS) is 15.0. The van der Waals surface area contributed by atoms with Crippen molar-refractivity contribution in [1.29, 1.82) is 0 Å². The van der Waals surface area contributed by atoms with E-state index in [1.54, 1.807) is 6.07 Å². The van der Waals surface area contributed by atoms with Gasteiger partial charge in [0.15, 0.2) is 0 Å². The highest BCUT2D eigenvalue weighted by atomic mass is 35.5. The molecule has 5 nitrogen and oxygen atoms in total. The van der Waals surface area contributed by atoms with Crippen molar-refractivity contribution in [3.05, 3.63) is 28.3 Å². The molecule has 0 aliphatic carbocycles. The lowest BCUT2D eigenvalue weighted by molar-refractivity contribution is -0.142. The van der Waals surface area contributed by atoms with E-state index in [-0.39, 0.29) is 13.2 Å². The summed E-state index contributed by atoms with van der Waals surface area (Å²) >= 11 is 6.01. The third-order valence-electron chi connectivity index (χ3n) is 2.70. The number of hydrogen-bond donors (Lipinski definition) is 2. The van der Waals surface area contributed by atoms with Gasteiger partial charge < -0.3 is 20.3 Å². The molecule has 0 saturated carbocycles. The van der Waals surface area contributed by atoms with Crippen LogP contribution in [0.25, 0.3) is 0 Å². The van der Waals surface area contributed by atoms with Crippen molar-refractivity contribution >= 4 is 17.6 Å². The molecule has 1 heterocycles. The first-order chi connectivity index (χ1) is 8.58. The van der Waals surface area contributed by atoms with Gasteiger partial charge in [-0.25, -0.2) is 4.79 Å². The Kier molecular flexibility index (Phi) is 4.06. The number of ether oxygens (including phenoxy) is 2. The predicted octanol–water partition coefficient (Wildman–Crippen LogP) is 1.38. The van der Waals surface area contributed by atoms with Crippen molar-refractivity contribution in [2.45, 2.75) is 12.5 Å². The van der Waals surface area contributed by atoms with Gasteiger partial charge in [-0.1, -0.05) is 11.6 Å². The van der Waals surface area contributed by atoms with Gasteiger partial charge in [0.1, 0.15) is 12.4 Å². The molecule has 0 saturated heterocycles. The Hall–Kier alpha value is -1.30. The Morgan fingerprint density at radius 2 is 2.39 bits per heavy atom. The zero-order valence-electron chi connectivity index (χ0n) is 9.69. The molecule has 1 unspecified atom stereocenters. The summed E-state index contributed by atoms with van der Waals surface area (Å²) in [6.07, 6.45) is 0.811.